The predicted octanol–water partition coefficient (Wildman–Crippen LogP) is 0.327. The Morgan fingerprint density at radius 1 is 1.50 bits per heavy atom. The van der Waals surface area contributed by atoms with Crippen LogP contribution in [-0.2, 0) is 20.5 Å². The van der Waals surface area contributed by atoms with Gasteiger partial charge in [0.2, 0.25) is 10.0 Å². The van der Waals surface area contributed by atoms with E-state index in [-0.39, 0.29) is 18.9 Å². The van der Waals surface area contributed by atoms with Crippen molar-refractivity contribution >= 4 is 10.0 Å². The molecule has 7 heteroatoms. The Bertz CT molecular complexity index is 580. The minimum Gasteiger partial charge on any atom is -0.389 e. The number of aliphatic hydroxyl groups excluding tert-OH is 1. The lowest BCUT2D eigenvalue weighted by Gasteiger charge is -2.20. The van der Waals surface area contributed by atoms with E-state index in [0.29, 0.717) is 11.1 Å². The van der Waals surface area contributed by atoms with Crippen LogP contribution in [0.25, 0.3) is 0 Å². The molecule has 1 aromatic carbocycles. The van der Waals surface area contributed by atoms with Crippen molar-refractivity contribution in [1.82, 2.24) is 4.31 Å². The SMILES string of the molecule is COCC(O)CN(C)S(=O)(=O)Cc1cccc(C#N)c1. The molecule has 0 heterocycles. The molecule has 1 rings (SSSR count). The molecule has 20 heavy (non-hydrogen) atoms. The molecule has 6 nitrogen and oxygen atoms in total. The number of nitrogens with zero attached hydrogens (tertiary/aromatic N) is 2. The molecular weight excluding hydrogens is 280 g/mol. The zero-order chi connectivity index (χ0) is 15.2. The van der Waals surface area contributed by atoms with E-state index < -0.39 is 16.1 Å². The number of hydrogen-bond donors (Lipinski definition) is 1. The Labute approximate surface area is 119 Å². The van der Waals surface area contributed by atoms with Gasteiger partial charge in [0.25, 0.3) is 0 Å². The summed E-state index contributed by atoms with van der Waals surface area (Å²) in [5.41, 5.74) is 0.955. The van der Waals surface area contributed by atoms with Gasteiger partial charge in [0.15, 0.2) is 0 Å². The van der Waals surface area contributed by atoms with Gasteiger partial charge in [-0.15, -0.1) is 0 Å². The summed E-state index contributed by atoms with van der Waals surface area (Å²) < 4.78 is 30.1. The molecule has 0 spiro atoms. The van der Waals surface area contributed by atoms with Gasteiger partial charge in [-0.1, -0.05) is 12.1 Å². The summed E-state index contributed by atoms with van der Waals surface area (Å²) in [5.74, 6) is -0.210. The van der Waals surface area contributed by atoms with E-state index in [1.165, 1.54) is 20.2 Å². The number of ether oxygens (including phenoxy) is 1. The number of likely N-dealkylation sites (N-methyl/N-ethyl adjacent to an activating group) is 1. The second kappa shape index (κ2) is 7.36. The van der Waals surface area contributed by atoms with Crippen LogP contribution in [-0.4, -0.2) is 51.2 Å². The van der Waals surface area contributed by atoms with Crippen molar-refractivity contribution in [2.24, 2.45) is 0 Å². The van der Waals surface area contributed by atoms with Crippen LogP contribution >= 0.6 is 0 Å². The first kappa shape index (κ1) is 16.6. The zero-order valence-electron chi connectivity index (χ0n) is 11.5. The fourth-order valence-corrected chi connectivity index (χ4v) is 2.93. The quantitative estimate of drug-likeness (QED) is 0.783. The van der Waals surface area contributed by atoms with Crippen molar-refractivity contribution in [3.05, 3.63) is 35.4 Å². The van der Waals surface area contributed by atoms with Crippen LogP contribution < -0.4 is 0 Å². The van der Waals surface area contributed by atoms with Crippen molar-refractivity contribution < 1.29 is 18.3 Å². The van der Waals surface area contributed by atoms with Gasteiger partial charge < -0.3 is 9.84 Å². The van der Waals surface area contributed by atoms with Gasteiger partial charge in [0.1, 0.15) is 0 Å². The molecule has 0 amide bonds. The van der Waals surface area contributed by atoms with Crippen LogP contribution in [0.5, 0.6) is 0 Å². The highest BCUT2D eigenvalue weighted by atomic mass is 32.2. The molecule has 1 atom stereocenters. The summed E-state index contributed by atoms with van der Waals surface area (Å²) in [6, 6.07) is 8.41. The van der Waals surface area contributed by atoms with Gasteiger partial charge in [-0.25, -0.2) is 12.7 Å². The number of aliphatic hydroxyl groups is 1. The van der Waals surface area contributed by atoms with Crippen LogP contribution in [0.2, 0.25) is 0 Å². The molecule has 1 N–H and O–H groups in total. The third-order valence-electron chi connectivity index (χ3n) is 2.71. The maximum atomic E-state index is 12.1. The van der Waals surface area contributed by atoms with Gasteiger partial charge in [-0.05, 0) is 17.7 Å². The molecule has 0 saturated heterocycles. The summed E-state index contributed by atoms with van der Waals surface area (Å²) in [6.07, 6.45) is -0.870. The normalized spacial score (nSPS) is 13.2. The van der Waals surface area contributed by atoms with Crippen LogP contribution in [0.1, 0.15) is 11.1 Å². The summed E-state index contributed by atoms with van der Waals surface area (Å²) in [4.78, 5) is 0. The second-order valence-electron chi connectivity index (χ2n) is 4.46. The van der Waals surface area contributed by atoms with E-state index in [4.69, 9.17) is 10.00 Å². The number of methoxy groups -OCH3 is 1. The van der Waals surface area contributed by atoms with Gasteiger partial charge in [0, 0.05) is 20.7 Å². The Kier molecular flexibility index (Phi) is 6.10. The van der Waals surface area contributed by atoms with E-state index in [2.05, 4.69) is 0 Å². The number of sulfonamides is 1. The van der Waals surface area contributed by atoms with Crippen molar-refractivity contribution in [2.75, 3.05) is 27.3 Å². The molecule has 0 aliphatic heterocycles. The molecule has 1 unspecified atom stereocenters. The molecule has 0 aliphatic carbocycles. The Morgan fingerprint density at radius 3 is 2.80 bits per heavy atom. The summed E-state index contributed by atoms with van der Waals surface area (Å²) in [5, 5.41) is 18.3. The van der Waals surface area contributed by atoms with E-state index in [1.54, 1.807) is 18.2 Å². The van der Waals surface area contributed by atoms with Crippen molar-refractivity contribution in [3.63, 3.8) is 0 Å². The van der Waals surface area contributed by atoms with Crippen molar-refractivity contribution in [2.45, 2.75) is 11.9 Å². The highest BCUT2D eigenvalue weighted by molar-refractivity contribution is 7.88. The largest absolute Gasteiger partial charge is 0.389 e. The van der Waals surface area contributed by atoms with Gasteiger partial charge in [-0.3, -0.25) is 0 Å². The third-order valence-corrected chi connectivity index (χ3v) is 4.50. The molecule has 0 radical (unpaired) electrons. The lowest BCUT2D eigenvalue weighted by atomic mass is 10.2. The summed E-state index contributed by atoms with van der Waals surface area (Å²) >= 11 is 0. The van der Waals surface area contributed by atoms with Crippen molar-refractivity contribution in [1.29, 1.82) is 5.26 Å². The minimum atomic E-state index is -3.54. The van der Waals surface area contributed by atoms with E-state index >= 15 is 0 Å². The zero-order valence-corrected chi connectivity index (χ0v) is 12.3. The van der Waals surface area contributed by atoms with Gasteiger partial charge in [0.05, 0.1) is 30.1 Å². The first-order valence-corrected chi connectivity index (χ1v) is 7.60. The average molecular weight is 298 g/mol. The number of rotatable bonds is 7. The topological polar surface area (TPSA) is 90.6 Å². The Hall–Kier alpha value is -1.46. The molecule has 1 aromatic rings. The number of benzene rings is 1. The van der Waals surface area contributed by atoms with Crippen LogP contribution in [0.3, 0.4) is 0 Å². The summed E-state index contributed by atoms with van der Waals surface area (Å²) in [6.45, 7) is 0.0396. The molecular formula is C13H18N2O4S. The van der Waals surface area contributed by atoms with Crippen LogP contribution in [0.4, 0.5) is 0 Å². The van der Waals surface area contributed by atoms with Crippen LogP contribution in [0, 0.1) is 11.3 Å². The van der Waals surface area contributed by atoms with E-state index in [1.807, 2.05) is 6.07 Å². The molecule has 0 saturated carbocycles. The smallest absolute Gasteiger partial charge is 0.218 e. The predicted molar refractivity (Wildman–Crippen MR) is 74.3 cm³/mol. The molecule has 0 fully saturated rings. The van der Waals surface area contributed by atoms with Gasteiger partial charge >= 0.3 is 0 Å². The third kappa shape index (κ3) is 4.90. The average Bonchev–Trinajstić information content (AvgIpc) is 2.38. The lowest BCUT2D eigenvalue weighted by Crippen LogP contribution is -2.36. The van der Waals surface area contributed by atoms with Crippen LogP contribution in [0.15, 0.2) is 24.3 Å². The van der Waals surface area contributed by atoms with E-state index in [9.17, 15) is 13.5 Å². The maximum absolute atomic E-state index is 12.1. The fraction of sp³-hybridized carbons (Fsp3) is 0.462. The first-order valence-electron chi connectivity index (χ1n) is 5.99. The minimum absolute atomic E-state index is 0.0336. The first-order chi connectivity index (χ1) is 9.39. The highest BCUT2D eigenvalue weighted by Crippen LogP contribution is 2.11. The molecule has 0 bridgehead atoms. The summed E-state index contributed by atoms with van der Waals surface area (Å²) in [7, 11) is -0.703. The Morgan fingerprint density at radius 2 is 2.20 bits per heavy atom. The molecule has 110 valence electrons. The van der Waals surface area contributed by atoms with Crippen molar-refractivity contribution in [3.8, 4) is 6.07 Å². The standard InChI is InChI=1S/C13H18N2O4S/c1-15(8-13(16)9-19-2)20(17,18)10-12-5-3-4-11(6-12)7-14/h3-6,13,16H,8-10H2,1-2H3. The molecule has 0 aromatic heterocycles. The lowest BCUT2D eigenvalue weighted by molar-refractivity contribution is 0.0554. The Balaban J connectivity index is 2.76. The molecule has 0 aliphatic rings. The maximum Gasteiger partial charge on any atom is 0.218 e. The van der Waals surface area contributed by atoms with Gasteiger partial charge in [-0.2, -0.15) is 5.26 Å². The van der Waals surface area contributed by atoms with E-state index in [0.717, 1.165) is 4.31 Å². The second-order valence-corrected chi connectivity index (χ2v) is 6.53. The monoisotopic (exact) mass is 298 g/mol. The highest BCUT2D eigenvalue weighted by Gasteiger charge is 2.21. The number of hydrogen-bond acceptors (Lipinski definition) is 5. The number of nitriles is 1. The fourth-order valence-electron chi connectivity index (χ4n) is 1.71.